The van der Waals surface area contributed by atoms with E-state index in [2.05, 4.69) is 4.98 Å². The molecule has 2 aromatic rings. The molecule has 0 aliphatic rings. The smallest absolute Gasteiger partial charge is 0.165 e. The largest absolute Gasteiger partial charge is 0.493 e. The van der Waals surface area contributed by atoms with Crippen molar-refractivity contribution in [2.75, 3.05) is 13.7 Å². The van der Waals surface area contributed by atoms with Crippen LogP contribution in [0.15, 0.2) is 18.3 Å². The lowest BCUT2D eigenvalue weighted by Gasteiger charge is -2.05. The topological polar surface area (TPSA) is 51.0 Å². The molecule has 0 saturated heterocycles. The SMILES string of the molecule is COc1c(F)ccc2[nH]cc(CCN)c12. The average molecular weight is 208 g/mol. The molecular weight excluding hydrogens is 195 g/mol. The van der Waals surface area contributed by atoms with Crippen molar-refractivity contribution in [1.82, 2.24) is 4.98 Å². The van der Waals surface area contributed by atoms with Crippen molar-refractivity contribution in [1.29, 1.82) is 0 Å². The minimum Gasteiger partial charge on any atom is -0.493 e. The Morgan fingerprint density at radius 2 is 2.27 bits per heavy atom. The van der Waals surface area contributed by atoms with E-state index >= 15 is 0 Å². The van der Waals surface area contributed by atoms with Crippen molar-refractivity contribution in [3.05, 3.63) is 29.7 Å². The summed E-state index contributed by atoms with van der Waals surface area (Å²) in [6.07, 6.45) is 2.55. The molecule has 0 saturated carbocycles. The summed E-state index contributed by atoms with van der Waals surface area (Å²) >= 11 is 0. The standard InChI is InChI=1S/C11H13FN2O/c1-15-11-8(12)2-3-9-10(11)7(4-5-13)6-14-9/h2-3,6,14H,4-5,13H2,1H3. The van der Waals surface area contributed by atoms with Crippen molar-refractivity contribution in [3.8, 4) is 5.75 Å². The zero-order valence-corrected chi connectivity index (χ0v) is 8.51. The van der Waals surface area contributed by atoms with Gasteiger partial charge >= 0.3 is 0 Å². The van der Waals surface area contributed by atoms with Crippen molar-refractivity contribution >= 4 is 10.9 Å². The fourth-order valence-electron chi connectivity index (χ4n) is 1.79. The van der Waals surface area contributed by atoms with Crippen LogP contribution in [0, 0.1) is 5.82 Å². The number of aromatic amines is 1. The number of fused-ring (bicyclic) bond motifs is 1. The molecule has 0 aliphatic heterocycles. The lowest BCUT2D eigenvalue weighted by Crippen LogP contribution is -2.02. The Morgan fingerprint density at radius 1 is 1.47 bits per heavy atom. The van der Waals surface area contributed by atoms with Crippen LogP contribution in [0.4, 0.5) is 4.39 Å². The second-order valence-corrected chi connectivity index (χ2v) is 3.36. The van der Waals surface area contributed by atoms with E-state index in [1.165, 1.54) is 13.2 Å². The van der Waals surface area contributed by atoms with Gasteiger partial charge in [0.15, 0.2) is 11.6 Å². The van der Waals surface area contributed by atoms with E-state index in [-0.39, 0.29) is 11.6 Å². The van der Waals surface area contributed by atoms with Crippen molar-refractivity contribution in [3.63, 3.8) is 0 Å². The highest BCUT2D eigenvalue weighted by atomic mass is 19.1. The lowest BCUT2D eigenvalue weighted by atomic mass is 10.1. The van der Waals surface area contributed by atoms with E-state index in [4.69, 9.17) is 10.5 Å². The summed E-state index contributed by atoms with van der Waals surface area (Å²) in [4.78, 5) is 3.07. The Hall–Kier alpha value is -1.55. The Balaban J connectivity index is 2.69. The number of halogens is 1. The molecular formula is C11H13FN2O. The normalized spacial score (nSPS) is 10.9. The molecule has 0 atom stereocenters. The number of H-pyrrole nitrogens is 1. The third kappa shape index (κ3) is 1.57. The summed E-state index contributed by atoms with van der Waals surface area (Å²) in [6.45, 7) is 0.534. The summed E-state index contributed by atoms with van der Waals surface area (Å²) in [5.74, 6) is -0.0555. The molecule has 0 spiro atoms. The first-order valence-electron chi connectivity index (χ1n) is 4.80. The molecule has 0 bridgehead atoms. The molecule has 2 rings (SSSR count). The highest BCUT2D eigenvalue weighted by molar-refractivity contribution is 5.89. The van der Waals surface area contributed by atoms with Gasteiger partial charge in [-0.2, -0.15) is 0 Å². The molecule has 0 amide bonds. The highest BCUT2D eigenvalue weighted by Gasteiger charge is 2.12. The van der Waals surface area contributed by atoms with Gasteiger partial charge in [0.1, 0.15) is 0 Å². The molecule has 0 aliphatic carbocycles. The van der Waals surface area contributed by atoms with Crippen LogP contribution in [-0.4, -0.2) is 18.6 Å². The first-order chi connectivity index (χ1) is 7.27. The minimum absolute atomic E-state index is 0.289. The Labute approximate surface area is 87.0 Å². The van der Waals surface area contributed by atoms with E-state index in [9.17, 15) is 4.39 Å². The van der Waals surface area contributed by atoms with E-state index in [1.54, 1.807) is 6.07 Å². The maximum Gasteiger partial charge on any atom is 0.165 e. The quantitative estimate of drug-likeness (QED) is 0.808. The van der Waals surface area contributed by atoms with Crippen molar-refractivity contribution in [2.45, 2.75) is 6.42 Å². The minimum atomic E-state index is -0.345. The molecule has 0 unspecified atom stereocenters. The second-order valence-electron chi connectivity index (χ2n) is 3.36. The van der Waals surface area contributed by atoms with E-state index < -0.39 is 0 Å². The summed E-state index contributed by atoms with van der Waals surface area (Å²) in [5, 5.41) is 0.794. The van der Waals surface area contributed by atoms with Crippen LogP contribution in [-0.2, 0) is 6.42 Å². The monoisotopic (exact) mass is 208 g/mol. The highest BCUT2D eigenvalue weighted by Crippen LogP contribution is 2.31. The molecule has 3 N–H and O–H groups in total. The van der Waals surface area contributed by atoms with Crippen LogP contribution in [0.25, 0.3) is 10.9 Å². The molecule has 80 valence electrons. The lowest BCUT2D eigenvalue weighted by molar-refractivity contribution is 0.391. The van der Waals surface area contributed by atoms with Gasteiger partial charge in [0, 0.05) is 17.1 Å². The van der Waals surface area contributed by atoms with Crippen LogP contribution in [0.2, 0.25) is 0 Å². The van der Waals surface area contributed by atoms with Crippen molar-refractivity contribution in [2.24, 2.45) is 5.73 Å². The molecule has 1 heterocycles. The molecule has 15 heavy (non-hydrogen) atoms. The number of nitrogens with one attached hydrogen (secondary N) is 1. The number of rotatable bonds is 3. The maximum atomic E-state index is 13.4. The average Bonchev–Trinajstić information content (AvgIpc) is 2.63. The number of ether oxygens (including phenoxy) is 1. The van der Waals surface area contributed by atoms with Gasteiger partial charge in [-0.3, -0.25) is 0 Å². The van der Waals surface area contributed by atoms with E-state index in [0.29, 0.717) is 13.0 Å². The third-order valence-electron chi connectivity index (χ3n) is 2.45. The predicted molar refractivity (Wildman–Crippen MR) is 57.6 cm³/mol. The molecule has 1 aromatic heterocycles. The second kappa shape index (κ2) is 3.90. The van der Waals surface area contributed by atoms with Crippen LogP contribution in [0.3, 0.4) is 0 Å². The zero-order valence-electron chi connectivity index (χ0n) is 8.51. The molecule has 0 radical (unpaired) electrons. The van der Waals surface area contributed by atoms with Crippen molar-refractivity contribution < 1.29 is 9.13 Å². The number of hydrogen-bond acceptors (Lipinski definition) is 2. The zero-order chi connectivity index (χ0) is 10.8. The number of methoxy groups -OCH3 is 1. The van der Waals surface area contributed by atoms with Crippen LogP contribution < -0.4 is 10.5 Å². The van der Waals surface area contributed by atoms with Gasteiger partial charge in [0.2, 0.25) is 0 Å². The predicted octanol–water partition coefficient (Wildman–Crippen LogP) is 1.82. The first-order valence-corrected chi connectivity index (χ1v) is 4.80. The molecule has 0 fully saturated rings. The van der Waals surface area contributed by atoms with Gasteiger partial charge in [0.25, 0.3) is 0 Å². The van der Waals surface area contributed by atoms with E-state index in [0.717, 1.165) is 16.5 Å². The Bertz CT molecular complexity index is 479. The fourth-order valence-corrected chi connectivity index (χ4v) is 1.79. The third-order valence-corrected chi connectivity index (χ3v) is 2.45. The summed E-state index contributed by atoms with van der Waals surface area (Å²) in [6, 6.07) is 3.09. The first kappa shape index (κ1) is 9.98. The molecule has 4 heteroatoms. The van der Waals surface area contributed by atoms with Gasteiger partial charge in [-0.15, -0.1) is 0 Å². The summed E-state index contributed by atoms with van der Waals surface area (Å²) in [7, 11) is 1.47. The number of benzene rings is 1. The van der Waals surface area contributed by atoms with Gasteiger partial charge < -0.3 is 15.5 Å². The van der Waals surface area contributed by atoms with Crippen LogP contribution in [0.5, 0.6) is 5.75 Å². The summed E-state index contributed by atoms with van der Waals surface area (Å²) in [5.41, 5.74) is 7.35. The van der Waals surface area contributed by atoms with Gasteiger partial charge in [-0.05, 0) is 30.7 Å². The molecule has 3 nitrogen and oxygen atoms in total. The van der Waals surface area contributed by atoms with Crippen LogP contribution >= 0.6 is 0 Å². The Kier molecular flexibility index (Phi) is 2.60. The number of hydrogen-bond donors (Lipinski definition) is 2. The maximum absolute atomic E-state index is 13.4. The number of aromatic nitrogens is 1. The summed E-state index contributed by atoms with van der Waals surface area (Å²) < 4.78 is 18.5. The Morgan fingerprint density at radius 3 is 2.93 bits per heavy atom. The van der Waals surface area contributed by atoms with Gasteiger partial charge in [-0.25, -0.2) is 4.39 Å². The van der Waals surface area contributed by atoms with Gasteiger partial charge in [-0.1, -0.05) is 0 Å². The molecule has 1 aromatic carbocycles. The van der Waals surface area contributed by atoms with Gasteiger partial charge in [0.05, 0.1) is 7.11 Å². The van der Waals surface area contributed by atoms with E-state index in [1.807, 2.05) is 6.20 Å². The number of nitrogens with two attached hydrogens (primary N) is 1. The fraction of sp³-hybridized carbons (Fsp3) is 0.273. The van der Waals surface area contributed by atoms with Crippen LogP contribution in [0.1, 0.15) is 5.56 Å².